The number of benzene rings is 3. The van der Waals surface area contributed by atoms with Crippen LogP contribution in [0.3, 0.4) is 0 Å². The number of nitrogens with zero attached hydrogens (tertiary/aromatic N) is 1. The first-order valence-corrected chi connectivity index (χ1v) is 10.1. The number of anilines is 1. The first kappa shape index (κ1) is 21.2. The molecule has 4 rings (SSSR count). The van der Waals surface area contributed by atoms with E-state index in [-0.39, 0.29) is 22.5 Å². The van der Waals surface area contributed by atoms with Crippen LogP contribution in [0.25, 0.3) is 0 Å². The summed E-state index contributed by atoms with van der Waals surface area (Å²) in [4.78, 5) is 51.8. The smallest absolute Gasteiger partial charge is 0.338 e. The lowest BCUT2D eigenvalue weighted by atomic mass is 10.0. The molecule has 32 heavy (non-hydrogen) atoms. The van der Waals surface area contributed by atoms with E-state index in [2.05, 4.69) is 0 Å². The highest BCUT2D eigenvalue weighted by Gasteiger charge is 2.37. The van der Waals surface area contributed by atoms with Crippen molar-refractivity contribution in [3.05, 3.63) is 99.6 Å². The number of carbonyl (C=O) groups is 4. The molecule has 0 spiro atoms. The lowest BCUT2D eigenvalue weighted by molar-refractivity contribution is 0.0474. The zero-order valence-corrected chi connectivity index (χ0v) is 18.0. The molecule has 0 atom stereocenters. The average Bonchev–Trinajstić information content (AvgIpc) is 3.03. The minimum Gasteiger partial charge on any atom is -0.454 e. The summed E-state index contributed by atoms with van der Waals surface area (Å²) >= 11 is 0. The average molecular weight is 427 g/mol. The second-order valence-corrected chi connectivity index (χ2v) is 7.86. The van der Waals surface area contributed by atoms with Gasteiger partial charge in [0.25, 0.3) is 11.8 Å². The van der Waals surface area contributed by atoms with Gasteiger partial charge < -0.3 is 4.74 Å². The molecule has 0 saturated carbocycles. The number of ether oxygens (including phenoxy) is 1. The Balaban J connectivity index is 1.52. The summed E-state index contributed by atoms with van der Waals surface area (Å²) in [6.07, 6.45) is 0. The molecule has 3 aromatic carbocycles. The van der Waals surface area contributed by atoms with E-state index in [1.165, 1.54) is 18.2 Å². The van der Waals surface area contributed by atoms with Gasteiger partial charge in [0.2, 0.25) is 5.78 Å². The van der Waals surface area contributed by atoms with Crippen LogP contribution in [0.2, 0.25) is 0 Å². The topological polar surface area (TPSA) is 80.8 Å². The Labute approximate surface area is 185 Å². The van der Waals surface area contributed by atoms with Crippen LogP contribution in [0, 0.1) is 20.8 Å². The summed E-state index contributed by atoms with van der Waals surface area (Å²) in [5.74, 6) is -1.99. The van der Waals surface area contributed by atoms with Crippen LogP contribution < -0.4 is 4.90 Å². The van der Waals surface area contributed by atoms with Gasteiger partial charge in [-0.25, -0.2) is 9.69 Å². The van der Waals surface area contributed by atoms with E-state index in [0.29, 0.717) is 11.3 Å². The molecule has 0 saturated heterocycles. The molecular formula is C26H21NO5. The van der Waals surface area contributed by atoms with Crippen molar-refractivity contribution in [2.24, 2.45) is 0 Å². The summed E-state index contributed by atoms with van der Waals surface area (Å²) in [6.45, 7) is 5.15. The van der Waals surface area contributed by atoms with Gasteiger partial charge in [-0.3, -0.25) is 14.4 Å². The number of rotatable bonds is 5. The van der Waals surface area contributed by atoms with Crippen LogP contribution in [-0.4, -0.2) is 30.2 Å². The van der Waals surface area contributed by atoms with Crippen LogP contribution in [0.1, 0.15) is 58.1 Å². The van der Waals surface area contributed by atoms with Crippen LogP contribution >= 0.6 is 0 Å². The number of carbonyl (C=O) groups excluding carboxylic acids is 4. The maximum atomic E-state index is 12.9. The summed E-state index contributed by atoms with van der Waals surface area (Å²) in [7, 11) is 0. The number of fused-ring (bicyclic) bond motifs is 1. The fraction of sp³-hybridized carbons (Fsp3) is 0.154. The molecule has 0 unspecified atom stereocenters. The van der Waals surface area contributed by atoms with Crippen LogP contribution in [0.4, 0.5) is 5.69 Å². The maximum absolute atomic E-state index is 12.9. The molecule has 0 bridgehead atoms. The first-order valence-electron chi connectivity index (χ1n) is 10.1. The standard InChI is InChI=1S/C26H21NO5/c1-15-5-4-6-19(11-15)27-24(29)20-10-9-18(13-22(20)25(27)30)26(31)32-14-23(28)21-12-16(2)7-8-17(21)3/h4-13H,14H2,1-3H3. The van der Waals surface area contributed by atoms with E-state index < -0.39 is 24.4 Å². The fourth-order valence-corrected chi connectivity index (χ4v) is 3.70. The van der Waals surface area contributed by atoms with Crippen molar-refractivity contribution in [3.8, 4) is 0 Å². The minimum absolute atomic E-state index is 0.102. The summed E-state index contributed by atoms with van der Waals surface area (Å²) in [5, 5.41) is 0. The van der Waals surface area contributed by atoms with Crippen molar-refractivity contribution in [2.75, 3.05) is 11.5 Å². The summed E-state index contributed by atoms with van der Waals surface area (Å²) in [6, 6.07) is 16.8. The molecule has 160 valence electrons. The molecule has 6 heteroatoms. The van der Waals surface area contributed by atoms with Gasteiger partial charge in [-0.2, -0.15) is 0 Å². The first-order chi connectivity index (χ1) is 15.3. The summed E-state index contributed by atoms with van der Waals surface area (Å²) < 4.78 is 5.19. The van der Waals surface area contributed by atoms with Gasteiger partial charge in [-0.1, -0.05) is 29.8 Å². The van der Waals surface area contributed by atoms with Gasteiger partial charge in [0.15, 0.2) is 6.61 Å². The molecule has 0 radical (unpaired) electrons. The molecule has 0 fully saturated rings. The normalized spacial score (nSPS) is 12.7. The van der Waals surface area contributed by atoms with Crippen molar-refractivity contribution in [3.63, 3.8) is 0 Å². The Hall–Kier alpha value is -4.06. The second-order valence-electron chi connectivity index (χ2n) is 7.86. The van der Waals surface area contributed by atoms with Gasteiger partial charge in [-0.15, -0.1) is 0 Å². The molecule has 1 heterocycles. The maximum Gasteiger partial charge on any atom is 0.338 e. The Morgan fingerprint density at radius 2 is 1.53 bits per heavy atom. The third-order valence-corrected chi connectivity index (χ3v) is 5.41. The minimum atomic E-state index is -0.735. The number of esters is 1. The molecule has 3 aromatic rings. The molecule has 6 nitrogen and oxygen atoms in total. The number of aryl methyl sites for hydroxylation is 3. The number of imide groups is 1. The Bertz CT molecular complexity index is 1290. The fourth-order valence-electron chi connectivity index (χ4n) is 3.70. The molecule has 0 aromatic heterocycles. The van der Waals surface area contributed by atoms with Crippen molar-refractivity contribution in [2.45, 2.75) is 20.8 Å². The van der Waals surface area contributed by atoms with Crippen molar-refractivity contribution < 1.29 is 23.9 Å². The van der Waals surface area contributed by atoms with E-state index in [1.807, 2.05) is 39.0 Å². The van der Waals surface area contributed by atoms with E-state index in [0.717, 1.165) is 21.6 Å². The molecular weight excluding hydrogens is 406 g/mol. The quantitative estimate of drug-likeness (QED) is 0.341. The third kappa shape index (κ3) is 3.83. The van der Waals surface area contributed by atoms with E-state index >= 15 is 0 Å². The van der Waals surface area contributed by atoms with Crippen molar-refractivity contribution >= 4 is 29.3 Å². The van der Waals surface area contributed by atoms with Crippen LogP contribution in [0.15, 0.2) is 60.7 Å². The molecule has 0 N–H and O–H groups in total. The van der Waals surface area contributed by atoms with Gasteiger partial charge in [0.1, 0.15) is 0 Å². The Morgan fingerprint density at radius 1 is 0.812 bits per heavy atom. The highest BCUT2D eigenvalue weighted by molar-refractivity contribution is 6.34. The van der Waals surface area contributed by atoms with E-state index in [1.54, 1.807) is 24.3 Å². The predicted octanol–water partition coefficient (Wildman–Crippen LogP) is 4.45. The van der Waals surface area contributed by atoms with E-state index in [4.69, 9.17) is 4.74 Å². The number of amides is 2. The highest BCUT2D eigenvalue weighted by atomic mass is 16.5. The Kier molecular flexibility index (Phi) is 5.45. The van der Waals surface area contributed by atoms with Crippen molar-refractivity contribution in [1.82, 2.24) is 0 Å². The lowest BCUT2D eigenvalue weighted by Gasteiger charge is -2.14. The molecule has 0 aliphatic carbocycles. The zero-order chi connectivity index (χ0) is 23.0. The molecule has 1 aliphatic rings. The number of ketones is 1. The van der Waals surface area contributed by atoms with Gasteiger partial charge >= 0.3 is 5.97 Å². The van der Waals surface area contributed by atoms with Crippen molar-refractivity contribution in [1.29, 1.82) is 0 Å². The summed E-state index contributed by atoms with van der Waals surface area (Å²) in [5.41, 5.74) is 4.08. The Morgan fingerprint density at radius 3 is 2.28 bits per heavy atom. The third-order valence-electron chi connectivity index (χ3n) is 5.41. The zero-order valence-electron chi connectivity index (χ0n) is 18.0. The second kappa shape index (κ2) is 8.23. The van der Waals surface area contributed by atoms with Gasteiger partial charge in [-0.05, 0) is 68.3 Å². The molecule has 2 amide bonds. The predicted molar refractivity (Wildman–Crippen MR) is 119 cm³/mol. The van der Waals surface area contributed by atoms with Crippen LogP contribution in [-0.2, 0) is 4.74 Å². The van der Waals surface area contributed by atoms with Gasteiger partial charge in [0, 0.05) is 5.56 Å². The largest absolute Gasteiger partial charge is 0.454 e. The SMILES string of the molecule is Cc1cccc(N2C(=O)c3ccc(C(=O)OCC(=O)c4cc(C)ccc4C)cc3C2=O)c1. The van der Waals surface area contributed by atoms with Crippen LogP contribution in [0.5, 0.6) is 0 Å². The highest BCUT2D eigenvalue weighted by Crippen LogP contribution is 2.29. The number of hydrogen-bond donors (Lipinski definition) is 0. The monoisotopic (exact) mass is 427 g/mol. The lowest BCUT2D eigenvalue weighted by Crippen LogP contribution is -2.29. The number of hydrogen-bond acceptors (Lipinski definition) is 5. The molecule has 1 aliphatic heterocycles. The van der Waals surface area contributed by atoms with Gasteiger partial charge in [0.05, 0.1) is 22.4 Å². The van der Waals surface area contributed by atoms with E-state index in [9.17, 15) is 19.2 Å². The number of Topliss-reactive ketones (excluding diaryl/α,β-unsaturated/α-hetero) is 1.